The molecule has 0 bridgehead atoms. The third-order valence-electron chi connectivity index (χ3n) is 5.31. The number of hydrogen-bond acceptors (Lipinski definition) is 10. The fraction of sp³-hybridized carbons (Fsp3) is 0.846. The fourth-order valence-electron chi connectivity index (χ4n) is 2.79. The van der Waals surface area contributed by atoms with Crippen LogP contribution in [0.1, 0.15) is 83.1 Å². The topological polar surface area (TPSA) is 137 Å². The van der Waals surface area contributed by atoms with Crippen LogP contribution in [0.4, 0.5) is 0 Å². The van der Waals surface area contributed by atoms with Gasteiger partial charge in [-0.2, -0.15) is 0 Å². The first-order chi connectivity index (χ1) is 16.0. The highest BCUT2D eigenvalue weighted by atomic mass is 16.6. The number of nitrogens with one attached hydrogen (secondary N) is 1. The average molecular weight is 516 g/mol. The quantitative estimate of drug-likeness (QED) is 0.415. The van der Waals surface area contributed by atoms with E-state index in [1.54, 1.807) is 83.1 Å². The van der Waals surface area contributed by atoms with Gasteiger partial charge in [-0.05, 0) is 83.1 Å². The van der Waals surface area contributed by atoms with Gasteiger partial charge in [0.05, 0.1) is 27.7 Å². The van der Waals surface area contributed by atoms with Crippen LogP contribution in [0.5, 0.6) is 0 Å². The van der Waals surface area contributed by atoms with E-state index in [-0.39, 0.29) is 6.61 Å². The van der Waals surface area contributed by atoms with E-state index < -0.39 is 76.1 Å². The van der Waals surface area contributed by atoms with Crippen molar-refractivity contribution in [3.8, 4) is 0 Å². The maximum Gasteiger partial charge on any atom is 0.312 e. The van der Waals surface area contributed by atoms with Gasteiger partial charge >= 0.3 is 23.9 Å². The molecule has 1 unspecified atom stereocenters. The molecule has 0 radical (unpaired) electrons. The molecule has 0 aromatic heterocycles. The van der Waals surface area contributed by atoms with Gasteiger partial charge in [0, 0.05) is 0 Å². The third kappa shape index (κ3) is 8.73. The van der Waals surface area contributed by atoms with Crippen LogP contribution in [0.15, 0.2) is 0 Å². The van der Waals surface area contributed by atoms with E-state index in [9.17, 15) is 24.3 Å². The van der Waals surface area contributed by atoms with E-state index in [1.165, 1.54) is 0 Å². The summed E-state index contributed by atoms with van der Waals surface area (Å²) >= 11 is 0. The van der Waals surface area contributed by atoms with Gasteiger partial charge in [-0.3, -0.25) is 24.5 Å². The minimum absolute atomic E-state index is 0.301. The van der Waals surface area contributed by atoms with Crippen LogP contribution in [-0.4, -0.2) is 66.2 Å². The molecular weight excluding hydrogens is 470 g/mol. The first-order valence-corrected chi connectivity index (χ1v) is 12.2. The molecule has 1 heterocycles. The lowest BCUT2D eigenvalue weighted by molar-refractivity contribution is -0.225. The zero-order chi connectivity index (χ0) is 28.4. The summed E-state index contributed by atoms with van der Waals surface area (Å²) in [7, 11) is 0. The van der Waals surface area contributed by atoms with Crippen LogP contribution in [-0.2, 0) is 38.1 Å². The smallest absolute Gasteiger partial charge is 0.312 e. The van der Waals surface area contributed by atoms with Crippen LogP contribution in [0, 0.1) is 21.7 Å². The number of hydrogen-bond donors (Lipinski definition) is 2. The van der Waals surface area contributed by atoms with Crippen LogP contribution < -0.4 is 5.32 Å². The minimum Gasteiger partial charge on any atom is -0.464 e. The van der Waals surface area contributed by atoms with E-state index in [1.807, 2.05) is 0 Å². The lowest BCUT2D eigenvalue weighted by Gasteiger charge is -2.45. The molecule has 2 N–H and O–H groups in total. The van der Waals surface area contributed by atoms with Crippen molar-refractivity contribution in [1.29, 1.82) is 0 Å². The molecule has 10 nitrogen and oxygen atoms in total. The van der Waals surface area contributed by atoms with Gasteiger partial charge in [0.25, 0.3) is 0 Å². The highest BCUT2D eigenvalue weighted by molar-refractivity contribution is 5.78. The molecule has 208 valence electrons. The molecule has 1 fully saturated rings. The van der Waals surface area contributed by atoms with Crippen LogP contribution in [0.25, 0.3) is 0 Å². The first-order valence-electron chi connectivity index (χ1n) is 12.2. The molecule has 0 aromatic rings. The van der Waals surface area contributed by atoms with Crippen molar-refractivity contribution in [3.63, 3.8) is 0 Å². The van der Waals surface area contributed by atoms with Crippen LogP contribution in [0.3, 0.4) is 0 Å². The Balaban J connectivity index is 3.45. The maximum absolute atomic E-state index is 12.8. The number of carbonyl (C=O) groups is 4. The lowest BCUT2D eigenvalue weighted by Crippen LogP contribution is -2.69. The lowest BCUT2D eigenvalue weighted by atomic mass is 9.91. The number of piperidine rings is 1. The normalized spacial score (nSPS) is 25.5. The third-order valence-corrected chi connectivity index (χ3v) is 5.31. The van der Waals surface area contributed by atoms with Gasteiger partial charge < -0.3 is 24.1 Å². The fourth-order valence-corrected chi connectivity index (χ4v) is 2.79. The zero-order valence-electron chi connectivity index (χ0n) is 23.8. The average Bonchev–Trinajstić information content (AvgIpc) is 2.67. The molecule has 10 heteroatoms. The summed E-state index contributed by atoms with van der Waals surface area (Å²) in [5.41, 5.74) is -3.56. The Hall–Kier alpha value is -2.20. The molecule has 0 amide bonds. The predicted molar refractivity (Wildman–Crippen MR) is 131 cm³/mol. The molecule has 1 aliphatic heterocycles. The van der Waals surface area contributed by atoms with E-state index in [2.05, 4.69) is 5.32 Å². The standard InChI is InChI=1S/C26H45NO9/c1-23(2,3)19(29)33-13-14-15(28)16(34-20(30)24(4,5)6)17(35-21(31)25(7,8)9)18(27-14)36-22(32)26(10,11)12/h14-18,27-28H,13H2,1-12H3/t14-,15+,16+,17-,18?/m1/s1. The van der Waals surface area contributed by atoms with Gasteiger partial charge in [-0.25, -0.2) is 0 Å². The maximum atomic E-state index is 12.8. The summed E-state index contributed by atoms with van der Waals surface area (Å²) in [6.07, 6.45) is -5.51. The minimum atomic E-state index is -1.45. The van der Waals surface area contributed by atoms with E-state index in [0.717, 1.165) is 0 Å². The summed E-state index contributed by atoms with van der Waals surface area (Å²) in [6, 6.07) is -0.989. The van der Waals surface area contributed by atoms with Crippen molar-refractivity contribution in [1.82, 2.24) is 5.32 Å². The van der Waals surface area contributed by atoms with Crippen molar-refractivity contribution in [2.45, 2.75) is 114 Å². The Kier molecular flexibility index (Phi) is 9.77. The number of aliphatic hydroxyl groups excluding tert-OH is 1. The number of rotatable bonds is 5. The van der Waals surface area contributed by atoms with Gasteiger partial charge in [-0.15, -0.1) is 0 Å². The highest BCUT2D eigenvalue weighted by Gasteiger charge is 2.52. The van der Waals surface area contributed by atoms with Crippen molar-refractivity contribution >= 4 is 23.9 Å². The Morgan fingerprint density at radius 3 is 1.36 bits per heavy atom. The first kappa shape index (κ1) is 31.8. The van der Waals surface area contributed by atoms with E-state index in [0.29, 0.717) is 0 Å². The Labute approximate surface area is 214 Å². The molecule has 1 rings (SSSR count). The second kappa shape index (κ2) is 11.0. The summed E-state index contributed by atoms with van der Waals surface area (Å²) < 4.78 is 22.4. The molecular formula is C26H45NO9. The largest absolute Gasteiger partial charge is 0.464 e. The number of aliphatic hydroxyl groups is 1. The Morgan fingerprint density at radius 1 is 0.611 bits per heavy atom. The second-order valence-electron chi connectivity index (χ2n) is 13.4. The predicted octanol–water partition coefficient (Wildman–Crippen LogP) is 2.74. The molecule has 0 spiro atoms. The van der Waals surface area contributed by atoms with Gasteiger partial charge in [0.15, 0.2) is 18.4 Å². The summed E-state index contributed by atoms with van der Waals surface area (Å²) in [6.45, 7) is 19.6. The molecule has 0 aliphatic carbocycles. The monoisotopic (exact) mass is 515 g/mol. The van der Waals surface area contributed by atoms with Crippen molar-refractivity contribution in [3.05, 3.63) is 0 Å². The second-order valence-corrected chi connectivity index (χ2v) is 13.4. The van der Waals surface area contributed by atoms with Crippen molar-refractivity contribution < 1.29 is 43.2 Å². The van der Waals surface area contributed by atoms with E-state index >= 15 is 0 Å². The van der Waals surface area contributed by atoms with Gasteiger partial charge in [0.2, 0.25) is 0 Å². The van der Waals surface area contributed by atoms with Crippen molar-refractivity contribution in [2.24, 2.45) is 21.7 Å². The van der Waals surface area contributed by atoms with Gasteiger partial charge in [-0.1, -0.05) is 0 Å². The van der Waals surface area contributed by atoms with Gasteiger partial charge in [0.1, 0.15) is 12.7 Å². The summed E-state index contributed by atoms with van der Waals surface area (Å²) in [5, 5.41) is 14.1. The Bertz CT molecular complexity index is 824. The number of esters is 4. The molecule has 36 heavy (non-hydrogen) atoms. The SMILES string of the molecule is CC(C)(C)C(=O)OC[C@H]1NC(OC(=O)C(C)(C)C)[C@H](OC(=O)C(C)(C)C)[C@@H](OC(=O)C(C)(C)C)[C@H]1O. The Morgan fingerprint density at radius 2 is 0.972 bits per heavy atom. The molecule has 0 aromatic carbocycles. The highest BCUT2D eigenvalue weighted by Crippen LogP contribution is 2.30. The molecule has 1 aliphatic rings. The molecule has 0 saturated carbocycles. The number of ether oxygens (including phenoxy) is 4. The summed E-state index contributed by atoms with van der Waals surface area (Å²) in [5.74, 6) is -2.42. The van der Waals surface area contributed by atoms with Crippen LogP contribution >= 0.6 is 0 Å². The van der Waals surface area contributed by atoms with Crippen molar-refractivity contribution in [2.75, 3.05) is 6.61 Å². The van der Waals surface area contributed by atoms with E-state index in [4.69, 9.17) is 18.9 Å². The number of carbonyl (C=O) groups excluding carboxylic acids is 4. The molecule has 5 atom stereocenters. The summed E-state index contributed by atoms with van der Waals surface area (Å²) in [4.78, 5) is 50.8. The molecule has 1 saturated heterocycles. The zero-order valence-corrected chi connectivity index (χ0v) is 23.8. The van der Waals surface area contributed by atoms with Crippen LogP contribution in [0.2, 0.25) is 0 Å².